The van der Waals surface area contributed by atoms with Crippen LogP contribution in [0.2, 0.25) is 0 Å². The van der Waals surface area contributed by atoms with Gasteiger partial charge in [0.15, 0.2) is 12.1 Å². The molecule has 0 aromatic heterocycles. The fraction of sp³-hybridized carbons (Fsp3) is 0.804. The molecule has 0 aliphatic carbocycles. The third-order valence-corrected chi connectivity index (χ3v) is 12.0. The van der Waals surface area contributed by atoms with Crippen molar-refractivity contribution in [1.29, 1.82) is 0 Å². The summed E-state index contributed by atoms with van der Waals surface area (Å²) in [4.78, 5) is 37.2. The first-order valence-corrected chi connectivity index (χ1v) is 26.7. The number of rotatable bonds is 48. The topological polar surface area (TPSA) is 99.1 Å². The van der Waals surface area contributed by atoms with E-state index in [1.54, 1.807) is 0 Å². The number of quaternary nitrogens is 1. The van der Waals surface area contributed by atoms with E-state index in [4.69, 9.17) is 14.2 Å². The molecule has 0 aliphatic heterocycles. The van der Waals surface area contributed by atoms with Gasteiger partial charge in [0.1, 0.15) is 6.61 Å². The van der Waals surface area contributed by atoms with E-state index in [1.807, 2.05) is 21.1 Å². The van der Waals surface area contributed by atoms with Crippen molar-refractivity contribution in [3.8, 4) is 0 Å². The van der Waals surface area contributed by atoms with Crippen molar-refractivity contribution in [2.75, 3.05) is 41.0 Å². The summed E-state index contributed by atoms with van der Waals surface area (Å²) in [6, 6.07) is -0.620. The summed E-state index contributed by atoms with van der Waals surface area (Å²) in [5.41, 5.74) is 0. The number of carbonyl (C=O) groups is 3. The first kappa shape index (κ1) is 61.3. The van der Waals surface area contributed by atoms with Gasteiger partial charge >= 0.3 is 17.9 Å². The molecule has 0 bridgehead atoms. The maximum Gasteiger partial charge on any atom is 0.362 e. The zero-order valence-corrected chi connectivity index (χ0v) is 42.5. The maximum absolute atomic E-state index is 12.8. The molecule has 372 valence electrons. The fourth-order valence-electron chi connectivity index (χ4n) is 7.82. The normalized spacial score (nSPS) is 13.2. The molecule has 0 aliphatic rings. The minimum absolute atomic E-state index is 0.0522. The molecule has 1 N–H and O–H groups in total. The van der Waals surface area contributed by atoms with Crippen LogP contribution in [0.5, 0.6) is 0 Å². The smallest absolute Gasteiger partial charge is 0.362 e. The average Bonchev–Trinajstić information content (AvgIpc) is 3.26. The molecule has 2 atom stereocenters. The number of nitrogens with zero attached hydrogens (tertiary/aromatic N) is 1. The molecule has 0 aromatic rings. The minimum atomic E-state index is -0.878. The van der Waals surface area contributed by atoms with Crippen LogP contribution in [0.4, 0.5) is 0 Å². The van der Waals surface area contributed by atoms with Crippen LogP contribution in [0.3, 0.4) is 0 Å². The highest BCUT2D eigenvalue weighted by molar-refractivity contribution is 5.72. The predicted molar refractivity (Wildman–Crippen MR) is 271 cm³/mol. The predicted octanol–water partition coefficient (Wildman–Crippen LogP) is 15.5. The highest BCUT2D eigenvalue weighted by Crippen LogP contribution is 2.15. The summed E-state index contributed by atoms with van der Waals surface area (Å²) < 4.78 is 17.3. The third kappa shape index (κ3) is 44.5. The first-order chi connectivity index (χ1) is 31.1. The van der Waals surface area contributed by atoms with E-state index in [1.165, 1.54) is 135 Å². The van der Waals surface area contributed by atoms with Gasteiger partial charge in [0.05, 0.1) is 34.4 Å². The lowest BCUT2D eigenvalue weighted by atomic mass is 10.1. The van der Waals surface area contributed by atoms with Crippen LogP contribution >= 0.6 is 0 Å². The number of carbonyl (C=O) groups excluding carboxylic acids is 2. The second-order valence-electron chi connectivity index (χ2n) is 19.2. The Labute approximate surface area is 395 Å². The van der Waals surface area contributed by atoms with Crippen molar-refractivity contribution >= 4 is 17.9 Å². The summed E-state index contributed by atoms with van der Waals surface area (Å²) in [5.74, 6) is -1.49. The van der Waals surface area contributed by atoms with E-state index in [9.17, 15) is 19.5 Å². The number of carboxylic acid groups (broad SMARTS) is 1. The van der Waals surface area contributed by atoms with E-state index in [2.05, 4.69) is 62.5 Å². The van der Waals surface area contributed by atoms with Gasteiger partial charge < -0.3 is 23.8 Å². The zero-order chi connectivity index (χ0) is 47.0. The summed E-state index contributed by atoms with van der Waals surface area (Å²) >= 11 is 0. The van der Waals surface area contributed by atoms with Gasteiger partial charge in [0.25, 0.3) is 0 Å². The van der Waals surface area contributed by atoms with Crippen LogP contribution in [0.15, 0.2) is 48.6 Å². The lowest BCUT2D eigenvalue weighted by molar-refractivity contribution is -0.887. The van der Waals surface area contributed by atoms with Gasteiger partial charge in [-0.05, 0) is 70.6 Å². The fourth-order valence-corrected chi connectivity index (χ4v) is 7.82. The molecule has 0 radical (unpaired) electrons. The van der Waals surface area contributed by atoms with Gasteiger partial charge in [-0.25, -0.2) is 4.79 Å². The van der Waals surface area contributed by atoms with Crippen molar-refractivity contribution < 1.29 is 38.2 Å². The Kier molecular flexibility index (Phi) is 44.8. The van der Waals surface area contributed by atoms with Crippen LogP contribution in [0.25, 0.3) is 0 Å². The van der Waals surface area contributed by atoms with Gasteiger partial charge in [-0.1, -0.05) is 197 Å². The second kappa shape index (κ2) is 46.8. The summed E-state index contributed by atoms with van der Waals surface area (Å²) in [6.07, 6.45) is 57.3. The second-order valence-corrected chi connectivity index (χ2v) is 19.2. The van der Waals surface area contributed by atoms with Crippen molar-refractivity contribution in [1.82, 2.24) is 0 Å². The molecule has 0 aromatic carbocycles. The zero-order valence-electron chi connectivity index (χ0n) is 42.5. The van der Waals surface area contributed by atoms with Gasteiger partial charge in [-0.2, -0.15) is 0 Å². The molecular weight excluding hydrogens is 799 g/mol. The molecule has 2 unspecified atom stereocenters. The van der Waals surface area contributed by atoms with Gasteiger partial charge in [0.2, 0.25) is 0 Å². The van der Waals surface area contributed by atoms with E-state index in [0.29, 0.717) is 19.3 Å². The number of hydrogen-bond donors (Lipinski definition) is 1. The van der Waals surface area contributed by atoms with Crippen molar-refractivity contribution in [2.45, 2.75) is 251 Å². The van der Waals surface area contributed by atoms with Gasteiger partial charge in [-0.3, -0.25) is 9.59 Å². The number of likely N-dealkylation sites (N-methyl/N-ethyl adjacent to an activating group) is 1. The van der Waals surface area contributed by atoms with E-state index in [0.717, 1.165) is 70.6 Å². The summed E-state index contributed by atoms with van der Waals surface area (Å²) in [6.45, 7) is 4.73. The number of carboxylic acids is 1. The molecule has 0 rings (SSSR count). The summed E-state index contributed by atoms with van der Waals surface area (Å²) in [7, 11) is 5.53. The maximum atomic E-state index is 12.8. The Morgan fingerprint density at radius 2 is 0.875 bits per heavy atom. The molecule has 0 heterocycles. The highest BCUT2D eigenvalue weighted by atomic mass is 16.6. The first-order valence-electron chi connectivity index (χ1n) is 26.7. The molecule has 64 heavy (non-hydrogen) atoms. The molecular formula is C56H102NO7+. The summed E-state index contributed by atoms with van der Waals surface area (Å²) in [5, 5.41) is 9.66. The highest BCUT2D eigenvalue weighted by Gasteiger charge is 2.31. The van der Waals surface area contributed by atoms with Crippen LogP contribution in [-0.4, -0.2) is 80.6 Å². The monoisotopic (exact) mass is 901 g/mol. The van der Waals surface area contributed by atoms with E-state index < -0.39 is 18.1 Å². The van der Waals surface area contributed by atoms with E-state index >= 15 is 0 Å². The lowest BCUT2D eigenvalue weighted by Crippen LogP contribution is -2.50. The molecule has 0 saturated heterocycles. The number of aliphatic carboxylic acids is 1. The minimum Gasteiger partial charge on any atom is -0.477 e. The molecule has 8 heteroatoms. The van der Waals surface area contributed by atoms with Crippen molar-refractivity contribution in [3.05, 3.63) is 48.6 Å². The van der Waals surface area contributed by atoms with Crippen molar-refractivity contribution in [3.63, 3.8) is 0 Å². The number of unbranched alkanes of at least 4 members (excludes halogenated alkanes) is 27. The molecule has 0 amide bonds. The molecule has 0 spiro atoms. The Hall–Kier alpha value is -2.71. The molecule has 0 saturated carbocycles. The lowest BCUT2D eigenvalue weighted by Gasteiger charge is -2.31. The van der Waals surface area contributed by atoms with Gasteiger partial charge in [-0.15, -0.1) is 0 Å². The van der Waals surface area contributed by atoms with Crippen LogP contribution < -0.4 is 0 Å². The number of hydrogen-bond acceptors (Lipinski definition) is 6. The van der Waals surface area contributed by atoms with Gasteiger partial charge in [0, 0.05) is 19.3 Å². The van der Waals surface area contributed by atoms with Crippen LogP contribution in [0.1, 0.15) is 239 Å². The SMILES string of the molecule is CCCCCCCCC/C=C/C=C/CCCCCCCC(=O)OC(COCCC(C(=O)O)[N+](C)(C)C)COC(=O)CCCCCCCCC/C=C/C/C=C/CCCCCCCCCC. The largest absolute Gasteiger partial charge is 0.477 e. The standard InChI is InChI=1S/C56H101NO7/c1-6-8-10-12-14-16-18-20-22-24-26-27-28-29-31-32-34-36-38-40-42-44-46-54(58)63-51-52(50-62-49-48-53(56(60)61)57(3,4)5)64-55(59)47-45-43-41-39-37-35-33-30-25-23-21-19-17-15-13-11-9-7-2/h23-26,28-30,33,52-53H,6-22,27,31-32,34-51H2,1-5H3/p+1/b25-23+,26-24+,29-28+,33-30+. The molecule has 8 nitrogen and oxygen atoms in total. The Morgan fingerprint density at radius 3 is 1.30 bits per heavy atom. The Morgan fingerprint density at radius 1 is 0.484 bits per heavy atom. The van der Waals surface area contributed by atoms with Crippen LogP contribution in [0, 0.1) is 0 Å². The molecule has 0 fully saturated rings. The van der Waals surface area contributed by atoms with Crippen molar-refractivity contribution in [2.24, 2.45) is 0 Å². The number of allylic oxidation sites excluding steroid dienone is 8. The average molecular weight is 901 g/mol. The number of ether oxygens (including phenoxy) is 3. The van der Waals surface area contributed by atoms with Crippen LogP contribution in [-0.2, 0) is 28.6 Å². The quantitative estimate of drug-likeness (QED) is 0.0213. The third-order valence-electron chi connectivity index (χ3n) is 12.0. The number of esters is 2. The Bertz CT molecular complexity index is 1190. The Balaban J connectivity index is 4.26. The van der Waals surface area contributed by atoms with E-state index in [-0.39, 0.29) is 36.2 Å².